The molecule has 1 aromatic heterocycles. The fraction of sp³-hybridized carbons (Fsp3) is 0.462. The predicted octanol–water partition coefficient (Wildman–Crippen LogP) is 3.24. The van der Waals surface area contributed by atoms with Crippen LogP contribution in [0.3, 0.4) is 0 Å². The Morgan fingerprint density at radius 1 is 1.26 bits per heavy atom. The van der Waals surface area contributed by atoms with Crippen molar-refractivity contribution in [3.8, 4) is 0 Å². The van der Waals surface area contributed by atoms with Gasteiger partial charge in [0, 0.05) is 14.1 Å². The van der Waals surface area contributed by atoms with E-state index in [1.54, 1.807) is 27.9 Å². The average Bonchev–Trinajstić information content (AvgIpc) is 2.73. The molecule has 10 heteroatoms. The summed E-state index contributed by atoms with van der Waals surface area (Å²) < 4.78 is 2.76. The first-order valence-corrected chi connectivity index (χ1v) is 8.36. The number of ether oxygens (including phenoxy) is 1. The molecule has 0 unspecified atom stereocenters. The minimum atomic E-state index is -2.20. The fourth-order valence-corrected chi connectivity index (χ4v) is 2.98. The number of halogens is 3. The highest BCUT2D eigenvalue weighted by atomic mass is 35.6. The maximum absolute atomic E-state index is 12.2. The number of nitrogens with one attached hydrogen (secondary N) is 1. The van der Waals surface area contributed by atoms with Crippen LogP contribution in [0.4, 0.5) is 5.00 Å². The van der Waals surface area contributed by atoms with Crippen molar-refractivity contribution < 1.29 is 19.1 Å². The second-order valence-electron chi connectivity index (χ2n) is 4.63. The molecule has 0 spiro atoms. The van der Waals surface area contributed by atoms with Crippen LogP contribution >= 0.6 is 46.1 Å². The van der Waals surface area contributed by atoms with Gasteiger partial charge in [-0.3, -0.25) is 9.59 Å². The van der Waals surface area contributed by atoms with E-state index in [-0.39, 0.29) is 28.0 Å². The van der Waals surface area contributed by atoms with Crippen LogP contribution in [0.1, 0.15) is 32.5 Å². The lowest BCUT2D eigenvalue weighted by Crippen LogP contribution is -2.27. The third-order valence-corrected chi connectivity index (χ3v) is 4.42. The van der Waals surface area contributed by atoms with Gasteiger partial charge >= 0.3 is 5.97 Å². The molecule has 0 atom stereocenters. The van der Waals surface area contributed by atoms with Gasteiger partial charge in [-0.05, 0) is 19.4 Å². The number of nitrogens with zero attached hydrogens (tertiary/aromatic N) is 1. The first-order valence-electron chi connectivity index (χ1n) is 6.41. The average molecular weight is 402 g/mol. The maximum Gasteiger partial charge on any atom is 0.341 e. The largest absolute Gasteiger partial charge is 0.462 e. The van der Waals surface area contributed by atoms with Gasteiger partial charge in [0.15, 0.2) is 0 Å². The van der Waals surface area contributed by atoms with Gasteiger partial charge in [-0.15, -0.1) is 11.3 Å². The molecule has 6 nitrogen and oxygen atoms in total. The van der Waals surface area contributed by atoms with E-state index in [2.05, 4.69) is 5.32 Å². The van der Waals surface area contributed by atoms with Crippen LogP contribution in [0.15, 0.2) is 0 Å². The monoisotopic (exact) mass is 400 g/mol. The maximum atomic E-state index is 12.2. The Hall–Kier alpha value is -1.02. The van der Waals surface area contributed by atoms with Crippen molar-refractivity contribution in [2.45, 2.75) is 17.6 Å². The molecule has 1 N–H and O–H groups in total. The summed E-state index contributed by atoms with van der Waals surface area (Å²) in [5.74, 6) is -1.91. The third-order valence-electron chi connectivity index (χ3n) is 2.71. The van der Waals surface area contributed by atoms with Gasteiger partial charge in [0.05, 0.1) is 17.0 Å². The molecule has 0 aliphatic rings. The normalized spacial score (nSPS) is 11.1. The molecule has 0 aromatic carbocycles. The molecule has 2 amide bonds. The smallest absolute Gasteiger partial charge is 0.341 e. The quantitative estimate of drug-likeness (QED) is 0.621. The summed E-state index contributed by atoms with van der Waals surface area (Å²) in [4.78, 5) is 37.8. The van der Waals surface area contributed by atoms with Crippen LogP contribution in [0.2, 0.25) is 0 Å². The SMILES string of the molecule is CCOC(=O)c1c(NC(=O)C(Cl)(Cl)Cl)sc(C(=O)N(C)C)c1C. The number of anilines is 1. The molecule has 0 aliphatic carbocycles. The number of hydrogen-bond acceptors (Lipinski definition) is 5. The Balaban J connectivity index is 3.37. The zero-order valence-electron chi connectivity index (χ0n) is 12.8. The Morgan fingerprint density at radius 2 is 1.83 bits per heavy atom. The van der Waals surface area contributed by atoms with Crippen LogP contribution in [0, 0.1) is 6.92 Å². The van der Waals surface area contributed by atoms with Gasteiger partial charge in [-0.25, -0.2) is 4.79 Å². The summed E-state index contributed by atoms with van der Waals surface area (Å²) in [6, 6.07) is 0. The zero-order valence-corrected chi connectivity index (χ0v) is 15.9. The number of alkyl halides is 3. The molecule has 128 valence electrons. The highest BCUT2D eigenvalue weighted by Crippen LogP contribution is 2.36. The van der Waals surface area contributed by atoms with Crippen molar-refractivity contribution in [3.05, 3.63) is 16.0 Å². The van der Waals surface area contributed by atoms with E-state index >= 15 is 0 Å². The Bertz CT molecular complexity index is 638. The number of thiophene rings is 1. The van der Waals surface area contributed by atoms with E-state index in [1.165, 1.54) is 4.90 Å². The number of rotatable bonds is 4. The third kappa shape index (κ3) is 4.73. The highest BCUT2D eigenvalue weighted by Gasteiger charge is 2.34. The fourth-order valence-electron chi connectivity index (χ4n) is 1.63. The summed E-state index contributed by atoms with van der Waals surface area (Å²) in [5.41, 5.74) is 0.469. The molecule has 23 heavy (non-hydrogen) atoms. The summed E-state index contributed by atoms with van der Waals surface area (Å²) in [5, 5.41) is 2.46. The second kappa shape index (κ2) is 7.70. The van der Waals surface area contributed by atoms with E-state index in [0.29, 0.717) is 5.56 Å². The second-order valence-corrected chi connectivity index (χ2v) is 7.93. The standard InChI is InChI=1S/C13H15Cl3N2O4S/c1-5-22-11(20)7-6(2)8(10(19)18(3)4)23-9(7)17-12(21)13(14,15)16/h5H2,1-4H3,(H,17,21). The molecular weight excluding hydrogens is 387 g/mol. The van der Waals surface area contributed by atoms with E-state index < -0.39 is 15.7 Å². The van der Waals surface area contributed by atoms with E-state index in [0.717, 1.165) is 11.3 Å². The van der Waals surface area contributed by atoms with Crippen LogP contribution in [0.5, 0.6) is 0 Å². The number of esters is 1. The summed E-state index contributed by atoms with van der Waals surface area (Å²) in [6.45, 7) is 3.37. The van der Waals surface area contributed by atoms with Gasteiger partial charge in [0.1, 0.15) is 5.00 Å². The van der Waals surface area contributed by atoms with Gasteiger partial charge in [-0.1, -0.05) is 34.8 Å². The molecule has 1 heterocycles. The Morgan fingerprint density at radius 3 is 2.26 bits per heavy atom. The minimum absolute atomic E-state index is 0.0737. The van der Waals surface area contributed by atoms with Crippen LogP contribution in [-0.2, 0) is 9.53 Å². The van der Waals surface area contributed by atoms with Crippen molar-refractivity contribution in [1.29, 1.82) is 0 Å². The molecule has 0 saturated carbocycles. The number of hydrogen-bond donors (Lipinski definition) is 1. The van der Waals surface area contributed by atoms with Gasteiger partial charge < -0.3 is 15.0 Å². The summed E-state index contributed by atoms with van der Waals surface area (Å²) in [6.07, 6.45) is 0. The number of amides is 2. The first kappa shape index (κ1) is 20.0. The molecule has 0 saturated heterocycles. The summed E-state index contributed by atoms with van der Waals surface area (Å²) >= 11 is 17.5. The zero-order chi connectivity index (χ0) is 17.9. The lowest BCUT2D eigenvalue weighted by Gasteiger charge is -2.11. The van der Waals surface area contributed by atoms with E-state index in [4.69, 9.17) is 39.5 Å². The Labute approximate surface area is 152 Å². The van der Waals surface area contributed by atoms with E-state index in [9.17, 15) is 14.4 Å². The molecule has 0 aliphatic heterocycles. The van der Waals surface area contributed by atoms with Crippen LogP contribution in [0.25, 0.3) is 0 Å². The predicted molar refractivity (Wildman–Crippen MR) is 91.9 cm³/mol. The molecule has 0 fully saturated rings. The number of carbonyl (C=O) groups is 3. The first-order chi connectivity index (χ1) is 10.5. The van der Waals surface area contributed by atoms with Gasteiger partial charge in [-0.2, -0.15) is 0 Å². The topological polar surface area (TPSA) is 75.7 Å². The van der Waals surface area contributed by atoms with Crippen molar-refractivity contribution in [2.24, 2.45) is 0 Å². The minimum Gasteiger partial charge on any atom is -0.462 e. The number of carbonyl (C=O) groups excluding carboxylic acids is 3. The summed E-state index contributed by atoms with van der Waals surface area (Å²) in [7, 11) is 3.15. The van der Waals surface area contributed by atoms with Crippen molar-refractivity contribution in [2.75, 3.05) is 26.0 Å². The van der Waals surface area contributed by atoms with Gasteiger partial charge in [0.2, 0.25) is 0 Å². The Kier molecular flexibility index (Phi) is 6.70. The van der Waals surface area contributed by atoms with Crippen molar-refractivity contribution in [3.63, 3.8) is 0 Å². The van der Waals surface area contributed by atoms with Crippen molar-refractivity contribution >= 4 is 68.9 Å². The molecule has 1 rings (SSSR count). The molecular formula is C13H15Cl3N2O4S. The van der Waals surface area contributed by atoms with Crippen molar-refractivity contribution in [1.82, 2.24) is 4.90 Å². The highest BCUT2D eigenvalue weighted by molar-refractivity contribution is 7.18. The van der Waals surface area contributed by atoms with E-state index in [1.807, 2.05) is 0 Å². The van der Waals surface area contributed by atoms with Crippen LogP contribution < -0.4 is 5.32 Å². The van der Waals surface area contributed by atoms with Crippen LogP contribution in [-0.4, -0.2) is 47.2 Å². The molecule has 0 bridgehead atoms. The lowest BCUT2D eigenvalue weighted by molar-refractivity contribution is -0.115. The lowest BCUT2D eigenvalue weighted by atomic mass is 10.1. The van der Waals surface area contributed by atoms with Gasteiger partial charge in [0.25, 0.3) is 15.6 Å². The molecule has 0 radical (unpaired) electrons. The molecule has 1 aromatic rings.